The van der Waals surface area contributed by atoms with Crippen molar-refractivity contribution >= 4 is 39.6 Å². The molecule has 0 bridgehead atoms. The minimum atomic E-state index is -1.27. The second-order valence-electron chi connectivity index (χ2n) is 8.76. The average molecular weight is 459 g/mol. The van der Waals surface area contributed by atoms with Gasteiger partial charge in [0.1, 0.15) is 0 Å². The number of benzene rings is 1. The Bertz CT molecular complexity index is 611. The van der Waals surface area contributed by atoms with E-state index in [-0.39, 0.29) is 27.0 Å². The molecule has 1 rings (SSSR count). The Morgan fingerprint density at radius 3 is 2.26 bits per heavy atom. The molecule has 152 valence electrons. The maximum atomic E-state index is 12.8. The van der Waals surface area contributed by atoms with Gasteiger partial charge in [-0.2, -0.15) is 0 Å². The summed E-state index contributed by atoms with van der Waals surface area (Å²) >= 11 is -0.161. The molecule has 1 aromatic rings. The molecule has 1 amide bonds. The van der Waals surface area contributed by atoms with E-state index in [0.717, 1.165) is 10.5 Å². The van der Waals surface area contributed by atoms with Gasteiger partial charge in [0.15, 0.2) is 0 Å². The van der Waals surface area contributed by atoms with E-state index in [1.54, 1.807) is 0 Å². The molecule has 0 aliphatic rings. The first-order valence-electron chi connectivity index (χ1n) is 9.25. The summed E-state index contributed by atoms with van der Waals surface area (Å²) in [5, 5.41) is 2.81. The summed E-state index contributed by atoms with van der Waals surface area (Å²) in [4.78, 5) is 24.5. The van der Waals surface area contributed by atoms with Crippen molar-refractivity contribution in [3.05, 3.63) is 30.3 Å². The summed E-state index contributed by atoms with van der Waals surface area (Å²) in [5.74, 6) is -0.249. The molecule has 2 atom stereocenters. The van der Waals surface area contributed by atoms with Crippen molar-refractivity contribution < 1.29 is 19.1 Å². The second-order valence-corrected chi connectivity index (χ2v) is 16.9. The molecule has 0 spiro atoms. The molecular formula is C20H33NO4SeSi. The summed E-state index contributed by atoms with van der Waals surface area (Å²) in [6.07, 6.45) is -0.515. The first-order valence-corrected chi connectivity index (χ1v) is 14.8. The fourth-order valence-corrected chi connectivity index (χ4v) is 5.01. The molecule has 0 saturated heterocycles. The Labute approximate surface area is 170 Å². The number of hydrogen-bond donors (Lipinski definition) is 1. The molecule has 0 radical (unpaired) electrons. The number of rotatable bonds is 8. The van der Waals surface area contributed by atoms with E-state index in [0.29, 0.717) is 6.61 Å². The molecule has 0 fully saturated rings. The number of alkyl carbamates (subject to hydrolysis) is 1. The van der Waals surface area contributed by atoms with Crippen molar-refractivity contribution in [3.8, 4) is 0 Å². The molecule has 1 N–H and O–H groups in total. The zero-order valence-corrected chi connectivity index (χ0v) is 20.2. The molecular weight excluding hydrogens is 425 g/mol. The van der Waals surface area contributed by atoms with Crippen LogP contribution in [0.2, 0.25) is 30.5 Å². The predicted molar refractivity (Wildman–Crippen MR) is 114 cm³/mol. The van der Waals surface area contributed by atoms with Crippen LogP contribution >= 0.6 is 0 Å². The van der Waals surface area contributed by atoms with E-state index in [2.05, 4.69) is 25.0 Å². The summed E-state index contributed by atoms with van der Waals surface area (Å²) < 4.78 is 12.0. The third-order valence-electron chi connectivity index (χ3n) is 3.53. The van der Waals surface area contributed by atoms with Crippen molar-refractivity contribution in [2.24, 2.45) is 0 Å². The van der Waals surface area contributed by atoms with Crippen molar-refractivity contribution in [1.29, 1.82) is 0 Å². The first kappa shape index (κ1) is 23.7. The summed E-state index contributed by atoms with van der Waals surface area (Å²) in [6, 6.07) is 10.4. The van der Waals surface area contributed by atoms with E-state index in [1.165, 1.54) is 0 Å². The maximum absolute atomic E-state index is 12.8. The molecule has 0 heterocycles. The number of ether oxygens (including phenoxy) is 2. The molecule has 0 aliphatic heterocycles. The molecule has 5 nitrogen and oxygen atoms in total. The summed E-state index contributed by atoms with van der Waals surface area (Å²) in [6.45, 7) is 14.5. The number of carbonyl (C=O) groups excluding carboxylic acids is 2. The van der Waals surface area contributed by atoms with Crippen LogP contribution in [0.3, 0.4) is 0 Å². The summed E-state index contributed by atoms with van der Waals surface area (Å²) in [5.41, 5.74) is -0.582. The van der Waals surface area contributed by atoms with Gasteiger partial charge in [-0.25, -0.2) is 0 Å². The first-order chi connectivity index (χ1) is 12.4. The molecule has 7 heteroatoms. The van der Waals surface area contributed by atoms with E-state index in [9.17, 15) is 9.59 Å². The van der Waals surface area contributed by atoms with Crippen LogP contribution in [-0.2, 0) is 14.3 Å². The fraction of sp³-hybridized carbons (Fsp3) is 0.600. The second kappa shape index (κ2) is 10.3. The van der Waals surface area contributed by atoms with Crippen LogP contribution in [0.1, 0.15) is 27.7 Å². The third-order valence-corrected chi connectivity index (χ3v) is 8.17. The van der Waals surface area contributed by atoms with Crippen LogP contribution in [0, 0.1) is 0 Å². The van der Waals surface area contributed by atoms with Gasteiger partial charge in [-0.1, -0.05) is 0 Å². The number of hydrogen-bond acceptors (Lipinski definition) is 4. The Kier molecular flexibility index (Phi) is 9.05. The number of amides is 1. The van der Waals surface area contributed by atoms with Gasteiger partial charge in [0.25, 0.3) is 0 Å². The van der Waals surface area contributed by atoms with Crippen molar-refractivity contribution in [2.75, 3.05) is 6.61 Å². The van der Waals surface area contributed by atoms with Gasteiger partial charge in [0, 0.05) is 0 Å². The van der Waals surface area contributed by atoms with Gasteiger partial charge in [-0.05, 0) is 0 Å². The fourth-order valence-electron chi connectivity index (χ4n) is 2.11. The zero-order valence-electron chi connectivity index (χ0n) is 17.5. The van der Waals surface area contributed by atoms with Crippen LogP contribution in [0.5, 0.6) is 0 Å². The van der Waals surface area contributed by atoms with Gasteiger partial charge < -0.3 is 0 Å². The van der Waals surface area contributed by atoms with Gasteiger partial charge in [0.2, 0.25) is 0 Å². The Morgan fingerprint density at radius 1 is 1.15 bits per heavy atom. The van der Waals surface area contributed by atoms with Gasteiger partial charge in [-0.15, -0.1) is 0 Å². The van der Waals surface area contributed by atoms with Crippen molar-refractivity contribution in [2.45, 2.75) is 69.8 Å². The molecule has 0 saturated carbocycles. The SMILES string of the molecule is C[C@H](NC(=O)OC(C)(C)C)[C@@H]([Se]c1ccccc1)C(=O)OCC[Si](C)(C)C. The molecule has 0 unspecified atom stereocenters. The quantitative estimate of drug-likeness (QED) is 0.478. The molecule has 27 heavy (non-hydrogen) atoms. The van der Waals surface area contributed by atoms with Crippen LogP contribution < -0.4 is 9.78 Å². The van der Waals surface area contributed by atoms with Gasteiger partial charge in [-0.3, -0.25) is 0 Å². The monoisotopic (exact) mass is 459 g/mol. The van der Waals surface area contributed by atoms with Gasteiger partial charge >= 0.3 is 171 Å². The number of nitrogens with one attached hydrogen (secondary N) is 1. The average Bonchev–Trinajstić information content (AvgIpc) is 2.50. The standard InChI is InChI=1S/C20H33NO4SeSi/c1-15(21-19(23)25-20(2,3)4)17(26-16-11-9-8-10-12-16)18(22)24-13-14-27(5,6)7/h8-12,15,17H,13-14H2,1-7H3,(H,21,23)/t15-,17+/m0/s1. The molecule has 1 aromatic carbocycles. The predicted octanol–water partition coefficient (Wildman–Crippen LogP) is 3.60. The normalized spacial score (nSPS) is 14.2. The molecule has 0 aliphatic carbocycles. The Morgan fingerprint density at radius 2 is 1.74 bits per heavy atom. The topological polar surface area (TPSA) is 64.6 Å². The van der Waals surface area contributed by atoms with Gasteiger partial charge in [0.05, 0.1) is 0 Å². The van der Waals surface area contributed by atoms with E-state index in [1.807, 2.05) is 58.0 Å². The number of carbonyl (C=O) groups is 2. The Hall–Kier alpha value is -1.30. The van der Waals surface area contributed by atoms with Crippen LogP contribution in [0.15, 0.2) is 30.3 Å². The zero-order chi connectivity index (χ0) is 20.7. The van der Waals surface area contributed by atoms with E-state index < -0.39 is 24.6 Å². The number of esters is 1. The van der Waals surface area contributed by atoms with Crippen LogP contribution in [-0.4, -0.2) is 53.3 Å². The van der Waals surface area contributed by atoms with Crippen LogP contribution in [0.4, 0.5) is 4.79 Å². The Balaban J connectivity index is 2.80. The van der Waals surface area contributed by atoms with Crippen molar-refractivity contribution in [3.63, 3.8) is 0 Å². The molecule has 0 aromatic heterocycles. The van der Waals surface area contributed by atoms with Crippen molar-refractivity contribution in [1.82, 2.24) is 5.32 Å². The minimum absolute atomic E-state index is 0.161. The third kappa shape index (κ3) is 10.6. The van der Waals surface area contributed by atoms with E-state index in [4.69, 9.17) is 9.47 Å². The van der Waals surface area contributed by atoms with Crippen LogP contribution in [0.25, 0.3) is 0 Å². The summed E-state index contributed by atoms with van der Waals surface area (Å²) in [7, 11) is -1.27. The van der Waals surface area contributed by atoms with E-state index >= 15 is 0 Å².